The van der Waals surface area contributed by atoms with Gasteiger partial charge in [-0.25, -0.2) is 0 Å². The lowest BCUT2D eigenvalue weighted by Crippen LogP contribution is -2.21. The summed E-state index contributed by atoms with van der Waals surface area (Å²) in [5.74, 6) is 0. The molecule has 0 unspecified atom stereocenters. The highest BCUT2D eigenvalue weighted by molar-refractivity contribution is 8.11. The standard InChI is InChI=1S/C8H9NS2.C6H15N/c1-9(8(10)11)7-5-3-2-4-6-7;1-4-7(5-2)6-3/h2-6H,1H3,(H,10,11);4-6H2,1-3H3. The Balaban J connectivity index is 0.000000360. The number of hydrogen-bond donors (Lipinski definition) is 1. The smallest absolute Gasteiger partial charge is 0.137 e. The lowest BCUT2D eigenvalue weighted by Gasteiger charge is -2.15. The van der Waals surface area contributed by atoms with Gasteiger partial charge in [-0.05, 0) is 31.8 Å². The summed E-state index contributed by atoms with van der Waals surface area (Å²) in [6.07, 6.45) is 0. The van der Waals surface area contributed by atoms with E-state index >= 15 is 0 Å². The largest absolute Gasteiger partial charge is 0.331 e. The van der Waals surface area contributed by atoms with Crippen molar-refractivity contribution in [2.45, 2.75) is 20.8 Å². The van der Waals surface area contributed by atoms with Gasteiger partial charge in [0.15, 0.2) is 0 Å². The third-order valence-electron chi connectivity index (χ3n) is 2.77. The van der Waals surface area contributed by atoms with Gasteiger partial charge in [0.25, 0.3) is 0 Å². The van der Waals surface area contributed by atoms with Gasteiger partial charge in [-0.3, -0.25) is 0 Å². The van der Waals surface area contributed by atoms with E-state index < -0.39 is 0 Å². The first-order chi connectivity index (χ1) is 8.56. The van der Waals surface area contributed by atoms with E-state index in [1.54, 1.807) is 0 Å². The highest BCUT2D eigenvalue weighted by atomic mass is 32.1. The molecular weight excluding hydrogens is 260 g/mol. The zero-order valence-electron chi connectivity index (χ0n) is 11.8. The van der Waals surface area contributed by atoms with E-state index in [0.717, 1.165) is 5.69 Å². The summed E-state index contributed by atoms with van der Waals surface area (Å²) in [5.41, 5.74) is 1.06. The van der Waals surface area contributed by atoms with Crippen molar-refractivity contribution in [3.63, 3.8) is 0 Å². The summed E-state index contributed by atoms with van der Waals surface area (Å²) in [7, 11) is 1.89. The molecule has 0 saturated heterocycles. The Bertz CT molecular complexity index is 318. The summed E-state index contributed by atoms with van der Waals surface area (Å²) in [4.78, 5) is 4.22. The topological polar surface area (TPSA) is 6.48 Å². The van der Waals surface area contributed by atoms with Crippen LogP contribution in [0.15, 0.2) is 30.3 Å². The summed E-state index contributed by atoms with van der Waals surface area (Å²) in [5, 5.41) is 0. The molecule has 0 radical (unpaired) electrons. The maximum Gasteiger partial charge on any atom is 0.137 e. The molecule has 0 aliphatic heterocycles. The summed E-state index contributed by atoms with van der Waals surface area (Å²) < 4.78 is 0.580. The number of anilines is 1. The first-order valence-electron chi connectivity index (χ1n) is 6.30. The van der Waals surface area contributed by atoms with Gasteiger partial charge in [0.1, 0.15) is 4.32 Å². The Kier molecular flexibility index (Phi) is 10.0. The van der Waals surface area contributed by atoms with Crippen LogP contribution in [0.4, 0.5) is 5.69 Å². The SMILES string of the molecule is CCN(CC)CC.CN(C(=S)S)c1ccccc1. The van der Waals surface area contributed by atoms with Crippen LogP contribution in [0.1, 0.15) is 20.8 Å². The molecule has 0 saturated carbocycles. The van der Waals surface area contributed by atoms with E-state index in [-0.39, 0.29) is 0 Å². The number of benzene rings is 1. The second kappa shape index (κ2) is 10.4. The lowest BCUT2D eigenvalue weighted by molar-refractivity contribution is 0.321. The molecule has 1 aromatic carbocycles. The summed E-state index contributed by atoms with van der Waals surface area (Å²) in [6.45, 7) is 10.1. The zero-order valence-corrected chi connectivity index (χ0v) is 13.5. The molecule has 1 rings (SSSR count). The molecule has 4 heteroatoms. The van der Waals surface area contributed by atoms with Gasteiger partial charge in [-0.1, -0.05) is 51.2 Å². The quantitative estimate of drug-likeness (QED) is 0.666. The number of rotatable bonds is 4. The molecule has 0 aliphatic carbocycles. The number of thiocarbonyl (C=S) groups is 1. The van der Waals surface area contributed by atoms with Crippen LogP contribution in [0, 0.1) is 0 Å². The van der Waals surface area contributed by atoms with Gasteiger partial charge >= 0.3 is 0 Å². The van der Waals surface area contributed by atoms with Crippen molar-refractivity contribution >= 4 is 34.9 Å². The highest BCUT2D eigenvalue weighted by Gasteiger charge is 1.99. The van der Waals surface area contributed by atoms with Crippen LogP contribution < -0.4 is 4.90 Å². The molecule has 0 N–H and O–H groups in total. The molecule has 0 bridgehead atoms. The maximum atomic E-state index is 4.89. The van der Waals surface area contributed by atoms with Gasteiger partial charge in [0.2, 0.25) is 0 Å². The lowest BCUT2D eigenvalue weighted by atomic mass is 10.3. The third-order valence-corrected chi connectivity index (χ3v) is 3.35. The average molecular weight is 284 g/mol. The van der Waals surface area contributed by atoms with Gasteiger partial charge < -0.3 is 9.80 Å². The van der Waals surface area contributed by atoms with Gasteiger partial charge in [0.05, 0.1) is 0 Å². The van der Waals surface area contributed by atoms with Crippen molar-refractivity contribution in [3.8, 4) is 0 Å². The van der Waals surface area contributed by atoms with Crippen molar-refractivity contribution in [2.75, 3.05) is 31.6 Å². The summed E-state index contributed by atoms with van der Waals surface area (Å²) >= 11 is 8.95. The van der Waals surface area contributed by atoms with Crippen LogP contribution in [-0.2, 0) is 0 Å². The van der Waals surface area contributed by atoms with E-state index in [1.165, 1.54) is 19.6 Å². The summed E-state index contributed by atoms with van der Waals surface area (Å²) in [6, 6.07) is 9.89. The van der Waals surface area contributed by atoms with Crippen LogP contribution in [0.2, 0.25) is 0 Å². The first kappa shape index (κ1) is 17.4. The molecule has 2 nitrogen and oxygen atoms in total. The molecule has 0 fully saturated rings. The van der Waals surface area contributed by atoms with Crippen LogP contribution in [0.25, 0.3) is 0 Å². The molecular formula is C14H24N2S2. The Morgan fingerprint density at radius 1 is 1.06 bits per heavy atom. The van der Waals surface area contributed by atoms with E-state index in [1.807, 2.05) is 42.3 Å². The van der Waals surface area contributed by atoms with Crippen LogP contribution in [-0.4, -0.2) is 35.9 Å². The van der Waals surface area contributed by atoms with E-state index in [0.29, 0.717) is 4.32 Å². The van der Waals surface area contributed by atoms with Crippen molar-refractivity contribution in [2.24, 2.45) is 0 Å². The van der Waals surface area contributed by atoms with Gasteiger partial charge in [-0.15, -0.1) is 12.6 Å². The maximum absolute atomic E-state index is 4.89. The fraction of sp³-hybridized carbons (Fsp3) is 0.500. The van der Waals surface area contributed by atoms with Crippen molar-refractivity contribution in [1.29, 1.82) is 0 Å². The van der Waals surface area contributed by atoms with Crippen LogP contribution in [0.3, 0.4) is 0 Å². The van der Waals surface area contributed by atoms with E-state index in [2.05, 4.69) is 38.3 Å². The Morgan fingerprint density at radius 2 is 1.50 bits per heavy atom. The van der Waals surface area contributed by atoms with Crippen molar-refractivity contribution < 1.29 is 0 Å². The number of thiol groups is 1. The molecule has 0 spiro atoms. The molecule has 1 aromatic rings. The second-order valence-electron chi connectivity index (χ2n) is 3.80. The molecule has 18 heavy (non-hydrogen) atoms. The predicted octanol–water partition coefficient (Wildman–Crippen LogP) is 3.69. The molecule has 0 aliphatic rings. The normalized spacial score (nSPS) is 9.67. The Morgan fingerprint density at radius 3 is 1.78 bits per heavy atom. The van der Waals surface area contributed by atoms with Crippen LogP contribution >= 0.6 is 24.8 Å². The van der Waals surface area contributed by atoms with Crippen molar-refractivity contribution in [1.82, 2.24) is 4.90 Å². The second-order valence-corrected chi connectivity index (χ2v) is 4.91. The molecule has 102 valence electrons. The highest BCUT2D eigenvalue weighted by Crippen LogP contribution is 2.12. The monoisotopic (exact) mass is 284 g/mol. The minimum atomic E-state index is 0.580. The first-order valence-corrected chi connectivity index (χ1v) is 7.16. The molecule has 0 aromatic heterocycles. The third kappa shape index (κ3) is 6.99. The fourth-order valence-electron chi connectivity index (χ4n) is 1.43. The Hall–Kier alpha value is -0.580. The van der Waals surface area contributed by atoms with Gasteiger partial charge in [-0.2, -0.15) is 0 Å². The van der Waals surface area contributed by atoms with E-state index in [4.69, 9.17) is 12.2 Å². The Labute approximate surface area is 122 Å². The minimum Gasteiger partial charge on any atom is -0.331 e. The van der Waals surface area contributed by atoms with Crippen molar-refractivity contribution in [3.05, 3.63) is 30.3 Å². The average Bonchev–Trinajstić information content (AvgIpc) is 2.41. The molecule has 0 atom stereocenters. The van der Waals surface area contributed by atoms with Gasteiger partial charge in [0, 0.05) is 12.7 Å². The number of para-hydroxylation sites is 1. The molecule has 0 amide bonds. The van der Waals surface area contributed by atoms with E-state index in [9.17, 15) is 0 Å². The minimum absolute atomic E-state index is 0.580. The fourth-order valence-corrected chi connectivity index (χ4v) is 1.65. The zero-order chi connectivity index (χ0) is 14.0. The predicted molar refractivity (Wildman–Crippen MR) is 89.9 cm³/mol. The molecule has 0 heterocycles. The number of nitrogens with zero attached hydrogens (tertiary/aromatic N) is 2. The number of hydrogen-bond acceptors (Lipinski definition) is 2. The van der Waals surface area contributed by atoms with Crippen LogP contribution in [0.5, 0.6) is 0 Å².